The lowest BCUT2D eigenvalue weighted by molar-refractivity contribution is -0.121. The molecule has 1 atom stereocenters. The summed E-state index contributed by atoms with van der Waals surface area (Å²) in [4.78, 5) is 26.0. The molecule has 1 fully saturated rings. The summed E-state index contributed by atoms with van der Waals surface area (Å²) in [6, 6.07) is 14.0. The quantitative estimate of drug-likeness (QED) is 0.872. The number of anilines is 2. The molecule has 0 aromatic heterocycles. The summed E-state index contributed by atoms with van der Waals surface area (Å²) in [5, 5.41) is 3.71. The molecule has 0 bridgehead atoms. The fourth-order valence-corrected chi connectivity index (χ4v) is 2.77. The smallest absolute Gasteiger partial charge is 0.256 e. The van der Waals surface area contributed by atoms with Gasteiger partial charge in [0.15, 0.2) is 0 Å². The molecule has 0 aliphatic carbocycles. The van der Waals surface area contributed by atoms with Crippen molar-refractivity contribution in [1.29, 1.82) is 0 Å². The average molecular weight is 329 g/mol. The third-order valence-electron chi connectivity index (χ3n) is 3.93. The first kappa shape index (κ1) is 15.6. The highest BCUT2D eigenvalue weighted by Gasteiger charge is 2.39. The summed E-state index contributed by atoms with van der Waals surface area (Å²) < 4.78 is 0. The summed E-state index contributed by atoms with van der Waals surface area (Å²) >= 11 is 5.85. The summed E-state index contributed by atoms with van der Waals surface area (Å²) in [5.74, 6) is -0.447. The lowest BCUT2D eigenvalue weighted by Crippen LogP contribution is -2.34. The lowest BCUT2D eigenvalue weighted by Gasteiger charge is -2.16. The van der Waals surface area contributed by atoms with Crippen LogP contribution < -0.4 is 10.2 Å². The molecule has 1 aliphatic heterocycles. The van der Waals surface area contributed by atoms with Gasteiger partial charge in [0.2, 0.25) is 5.91 Å². The van der Waals surface area contributed by atoms with Gasteiger partial charge in [-0.15, -0.1) is 0 Å². The number of amides is 2. The van der Waals surface area contributed by atoms with Gasteiger partial charge in [-0.1, -0.05) is 30.7 Å². The Kier molecular flexibility index (Phi) is 4.35. The van der Waals surface area contributed by atoms with Gasteiger partial charge in [-0.3, -0.25) is 9.59 Å². The van der Waals surface area contributed by atoms with Crippen molar-refractivity contribution in [3.8, 4) is 0 Å². The first-order chi connectivity index (χ1) is 11.1. The molecule has 0 unspecified atom stereocenters. The van der Waals surface area contributed by atoms with Crippen molar-refractivity contribution in [1.82, 2.24) is 0 Å². The Balaban J connectivity index is 1.76. The minimum Gasteiger partial charge on any atom is -0.373 e. The second-order valence-corrected chi connectivity index (χ2v) is 5.93. The topological polar surface area (TPSA) is 49.4 Å². The molecule has 1 aliphatic rings. The van der Waals surface area contributed by atoms with Gasteiger partial charge < -0.3 is 5.32 Å². The number of benzene rings is 2. The van der Waals surface area contributed by atoms with Gasteiger partial charge in [0, 0.05) is 10.7 Å². The molecule has 3 rings (SSSR count). The minimum atomic E-state index is -0.536. The van der Waals surface area contributed by atoms with Crippen molar-refractivity contribution in [2.45, 2.75) is 25.8 Å². The third-order valence-corrected chi connectivity index (χ3v) is 4.19. The second-order valence-electron chi connectivity index (χ2n) is 5.50. The fraction of sp³-hybridized carbons (Fsp3) is 0.222. The lowest BCUT2D eigenvalue weighted by atomic mass is 10.1. The van der Waals surface area contributed by atoms with Crippen molar-refractivity contribution >= 4 is 34.8 Å². The standard InChI is InChI=1S/C18H17ClN2O2/c1-2-12-3-7-14(8-4-12)20-16-11-17(22)21(18(16)23)15-9-5-13(19)6-10-15/h3-10,16,20H,2,11H2,1H3/t16-/m0/s1. The predicted molar refractivity (Wildman–Crippen MR) is 91.8 cm³/mol. The van der Waals surface area contributed by atoms with Crippen molar-refractivity contribution < 1.29 is 9.59 Å². The predicted octanol–water partition coefficient (Wildman–Crippen LogP) is 3.65. The van der Waals surface area contributed by atoms with E-state index in [1.807, 2.05) is 24.3 Å². The Bertz CT molecular complexity index is 726. The molecule has 2 amide bonds. The van der Waals surface area contributed by atoms with Crippen LogP contribution in [0, 0.1) is 0 Å². The molecule has 1 heterocycles. The number of halogens is 1. The van der Waals surface area contributed by atoms with Crippen molar-refractivity contribution in [3.05, 3.63) is 59.1 Å². The zero-order valence-corrected chi connectivity index (χ0v) is 13.5. The normalized spacial score (nSPS) is 17.7. The summed E-state index contributed by atoms with van der Waals surface area (Å²) in [6.07, 6.45) is 1.11. The van der Waals surface area contributed by atoms with E-state index in [-0.39, 0.29) is 18.2 Å². The average Bonchev–Trinajstić information content (AvgIpc) is 2.83. The molecule has 118 valence electrons. The molecule has 2 aromatic carbocycles. The maximum atomic E-state index is 12.5. The van der Waals surface area contributed by atoms with Gasteiger partial charge >= 0.3 is 0 Å². The zero-order chi connectivity index (χ0) is 16.4. The Morgan fingerprint density at radius 2 is 1.74 bits per heavy atom. The van der Waals surface area contributed by atoms with Gasteiger partial charge in [-0.2, -0.15) is 0 Å². The van der Waals surface area contributed by atoms with Crippen LogP contribution in [0.25, 0.3) is 0 Å². The Hall–Kier alpha value is -2.33. The van der Waals surface area contributed by atoms with E-state index in [0.717, 1.165) is 12.1 Å². The van der Waals surface area contributed by atoms with Crippen molar-refractivity contribution in [2.24, 2.45) is 0 Å². The van der Waals surface area contributed by atoms with Crippen LogP contribution in [0.1, 0.15) is 18.9 Å². The van der Waals surface area contributed by atoms with Crippen LogP contribution in [0.15, 0.2) is 48.5 Å². The number of carbonyl (C=O) groups excluding carboxylic acids is 2. The monoisotopic (exact) mass is 328 g/mol. The first-order valence-corrected chi connectivity index (χ1v) is 7.94. The summed E-state index contributed by atoms with van der Waals surface area (Å²) in [6.45, 7) is 2.09. The van der Waals surface area contributed by atoms with Crippen LogP contribution in [0.2, 0.25) is 5.02 Å². The second kappa shape index (κ2) is 6.42. The van der Waals surface area contributed by atoms with Gasteiger partial charge in [-0.05, 0) is 48.4 Å². The van der Waals surface area contributed by atoms with E-state index in [4.69, 9.17) is 11.6 Å². The van der Waals surface area contributed by atoms with Crippen LogP contribution in [0.5, 0.6) is 0 Å². The zero-order valence-electron chi connectivity index (χ0n) is 12.8. The fourth-order valence-electron chi connectivity index (χ4n) is 2.64. The van der Waals surface area contributed by atoms with E-state index in [0.29, 0.717) is 10.7 Å². The maximum absolute atomic E-state index is 12.5. The van der Waals surface area contributed by atoms with Crippen LogP contribution >= 0.6 is 11.6 Å². The minimum absolute atomic E-state index is 0.150. The molecule has 4 nitrogen and oxygen atoms in total. The Morgan fingerprint density at radius 3 is 2.35 bits per heavy atom. The van der Waals surface area contributed by atoms with E-state index < -0.39 is 6.04 Å². The van der Waals surface area contributed by atoms with Gasteiger partial charge in [-0.25, -0.2) is 4.90 Å². The van der Waals surface area contributed by atoms with E-state index in [1.165, 1.54) is 10.5 Å². The number of imide groups is 1. The Morgan fingerprint density at radius 1 is 1.09 bits per heavy atom. The number of hydrogen-bond acceptors (Lipinski definition) is 3. The highest BCUT2D eigenvalue weighted by Crippen LogP contribution is 2.26. The van der Waals surface area contributed by atoms with Crippen LogP contribution in [-0.4, -0.2) is 17.9 Å². The molecule has 1 N–H and O–H groups in total. The summed E-state index contributed by atoms with van der Waals surface area (Å²) in [7, 11) is 0. The molecular formula is C18H17ClN2O2. The number of nitrogens with one attached hydrogen (secondary N) is 1. The van der Waals surface area contributed by atoms with E-state index in [2.05, 4.69) is 12.2 Å². The van der Waals surface area contributed by atoms with Crippen LogP contribution in [0.3, 0.4) is 0 Å². The highest BCUT2D eigenvalue weighted by molar-refractivity contribution is 6.30. The van der Waals surface area contributed by atoms with Crippen molar-refractivity contribution in [3.63, 3.8) is 0 Å². The number of rotatable bonds is 4. The molecular weight excluding hydrogens is 312 g/mol. The molecule has 1 saturated heterocycles. The number of carbonyl (C=O) groups is 2. The number of nitrogens with zero attached hydrogens (tertiary/aromatic N) is 1. The largest absolute Gasteiger partial charge is 0.373 e. The van der Waals surface area contributed by atoms with Crippen LogP contribution in [-0.2, 0) is 16.0 Å². The van der Waals surface area contributed by atoms with E-state index in [1.54, 1.807) is 24.3 Å². The third kappa shape index (κ3) is 3.22. The van der Waals surface area contributed by atoms with E-state index in [9.17, 15) is 9.59 Å². The van der Waals surface area contributed by atoms with Gasteiger partial charge in [0.25, 0.3) is 5.91 Å². The Labute approximate surface area is 140 Å². The maximum Gasteiger partial charge on any atom is 0.256 e. The molecule has 23 heavy (non-hydrogen) atoms. The molecule has 0 radical (unpaired) electrons. The highest BCUT2D eigenvalue weighted by atomic mass is 35.5. The molecule has 0 spiro atoms. The molecule has 0 saturated carbocycles. The van der Waals surface area contributed by atoms with Gasteiger partial charge in [0.05, 0.1) is 12.1 Å². The molecule has 2 aromatic rings. The van der Waals surface area contributed by atoms with Gasteiger partial charge in [0.1, 0.15) is 6.04 Å². The summed E-state index contributed by atoms with van der Waals surface area (Å²) in [5.41, 5.74) is 2.62. The number of aryl methyl sites for hydroxylation is 1. The first-order valence-electron chi connectivity index (χ1n) is 7.56. The van der Waals surface area contributed by atoms with E-state index >= 15 is 0 Å². The van der Waals surface area contributed by atoms with Crippen LogP contribution in [0.4, 0.5) is 11.4 Å². The number of hydrogen-bond donors (Lipinski definition) is 1. The van der Waals surface area contributed by atoms with Crippen molar-refractivity contribution in [2.75, 3.05) is 10.2 Å². The SMILES string of the molecule is CCc1ccc(N[C@H]2CC(=O)N(c3ccc(Cl)cc3)C2=O)cc1. The molecule has 5 heteroatoms.